The highest BCUT2D eigenvalue weighted by atomic mass is 19.1. The van der Waals surface area contributed by atoms with E-state index in [0.717, 1.165) is 29.0 Å². The van der Waals surface area contributed by atoms with Crippen molar-refractivity contribution in [2.24, 2.45) is 0 Å². The van der Waals surface area contributed by atoms with Gasteiger partial charge in [-0.05, 0) is 12.5 Å². The van der Waals surface area contributed by atoms with E-state index in [0.29, 0.717) is 56.4 Å². The molecule has 3 N–H and O–H groups in total. The Kier molecular flexibility index (Phi) is 5.07. The molecular formula is C22H26FN9O. The first-order chi connectivity index (χ1) is 16.2. The first-order valence-corrected chi connectivity index (χ1v) is 11.3. The van der Waals surface area contributed by atoms with Crippen molar-refractivity contribution in [3.8, 4) is 0 Å². The topological polar surface area (TPSA) is 105 Å². The first kappa shape index (κ1) is 20.3. The average Bonchev–Trinajstić information content (AvgIpc) is 3.26. The van der Waals surface area contributed by atoms with Gasteiger partial charge in [-0.3, -0.25) is 4.90 Å². The first-order valence-electron chi connectivity index (χ1n) is 11.3. The van der Waals surface area contributed by atoms with Crippen LogP contribution >= 0.6 is 0 Å². The van der Waals surface area contributed by atoms with Crippen LogP contribution in [0.2, 0.25) is 0 Å². The molecule has 0 spiro atoms. The van der Waals surface area contributed by atoms with E-state index in [-0.39, 0.29) is 6.04 Å². The number of fused-ring (bicyclic) bond motifs is 2. The predicted molar refractivity (Wildman–Crippen MR) is 123 cm³/mol. The number of halogens is 1. The van der Waals surface area contributed by atoms with Crippen LogP contribution in [-0.2, 0) is 4.74 Å². The van der Waals surface area contributed by atoms with Gasteiger partial charge in [0.25, 0.3) is 0 Å². The normalized spacial score (nSPS) is 23.4. The van der Waals surface area contributed by atoms with Crippen LogP contribution in [0.15, 0.2) is 30.6 Å². The zero-order valence-electron chi connectivity index (χ0n) is 18.3. The van der Waals surface area contributed by atoms with Gasteiger partial charge < -0.3 is 20.7 Å². The Bertz CT molecular complexity index is 1210. The Morgan fingerprint density at radius 3 is 2.91 bits per heavy atom. The van der Waals surface area contributed by atoms with Crippen molar-refractivity contribution in [3.63, 3.8) is 0 Å². The standard InChI is InChI=1S/C22H26FN9O/c1-24-20-19-14(16-5-9-32-18(27-16)3-7-26-32)2-6-25-21(19)30-22(29-20)28-17-4-8-31(10-15(17)23)13-11-33-12-13/h2-3,5,7,9,13,15,17H,4,6,8,10-12H2,1H3,(H3,24,25,28,29,30)/t15-,17+/m1/s1. The minimum absolute atomic E-state index is 0.324. The van der Waals surface area contributed by atoms with E-state index in [9.17, 15) is 4.39 Å². The third-order valence-electron chi connectivity index (χ3n) is 6.55. The Hall–Kier alpha value is -3.31. The number of hydrogen-bond acceptors (Lipinski definition) is 9. The lowest BCUT2D eigenvalue weighted by Gasteiger charge is -2.42. The van der Waals surface area contributed by atoms with Gasteiger partial charge in [-0.2, -0.15) is 15.1 Å². The smallest absolute Gasteiger partial charge is 0.226 e. The number of aromatic nitrogens is 5. The van der Waals surface area contributed by atoms with Crippen molar-refractivity contribution in [2.45, 2.75) is 24.7 Å². The van der Waals surface area contributed by atoms with Crippen LogP contribution in [0.4, 0.5) is 22.0 Å². The number of hydrogen-bond donors (Lipinski definition) is 3. The molecule has 3 aliphatic heterocycles. The lowest BCUT2D eigenvalue weighted by atomic mass is 10.00. The lowest BCUT2D eigenvalue weighted by molar-refractivity contribution is -0.0794. The summed E-state index contributed by atoms with van der Waals surface area (Å²) in [6, 6.07) is 3.83. The number of nitrogens with one attached hydrogen (secondary N) is 3. The van der Waals surface area contributed by atoms with E-state index in [4.69, 9.17) is 14.7 Å². The molecule has 11 heteroatoms. The second-order valence-corrected chi connectivity index (χ2v) is 8.56. The summed E-state index contributed by atoms with van der Waals surface area (Å²) in [5.74, 6) is 1.78. The van der Waals surface area contributed by atoms with Crippen LogP contribution in [-0.4, -0.2) is 87.6 Å². The Morgan fingerprint density at radius 1 is 1.21 bits per heavy atom. The molecule has 6 rings (SSSR count). The largest absolute Gasteiger partial charge is 0.378 e. The van der Waals surface area contributed by atoms with Crippen molar-refractivity contribution in [1.82, 2.24) is 29.5 Å². The summed E-state index contributed by atoms with van der Waals surface area (Å²) >= 11 is 0. The highest BCUT2D eigenvalue weighted by molar-refractivity contribution is 5.91. The minimum atomic E-state index is -0.994. The fourth-order valence-electron chi connectivity index (χ4n) is 4.66. The van der Waals surface area contributed by atoms with Crippen molar-refractivity contribution in [3.05, 3.63) is 41.9 Å². The van der Waals surface area contributed by atoms with Gasteiger partial charge in [0.05, 0.1) is 42.8 Å². The summed E-state index contributed by atoms with van der Waals surface area (Å²) in [4.78, 5) is 16.3. The number of piperidine rings is 1. The Balaban J connectivity index is 1.26. The van der Waals surface area contributed by atoms with E-state index < -0.39 is 6.17 Å². The maximum atomic E-state index is 15.0. The molecule has 0 aliphatic carbocycles. The maximum Gasteiger partial charge on any atom is 0.226 e. The molecular weight excluding hydrogens is 425 g/mol. The quantitative estimate of drug-likeness (QED) is 0.534. The third-order valence-corrected chi connectivity index (χ3v) is 6.55. The molecule has 3 aromatic heterocycles. The molecule has 0 bridgehead atoms. The predicted octanol–water partition coefficient (Wildman–Crippen LogP) is 1.64. The van der Waals surface area contributed by atoms with Gasteiger partial charge in [-0.15, -0.1) is 0 Å². The number of ether oxygens (including phenoxy) is 1. The molecule has 10 nitrogen and oxygen atoms in total. The van der Waals surface area contributed by atoms with Gasteiger partial charge in [0.1, 0.15) is 17.8 Å². The molecule has 2 atom stereocenters. The molecule has 0 amide bonds. The van der Waals surface area contributed by atoms with Crippen LogP contribution in [0.3, 0.4) is 0 Å². The summed E-state index contributed by atoms with van der Waals surface area (Å²) in [5.41, 5.74) is 3.39. The Labute approximate surface area is 190 Å². The zero-order chi connectivity index (χ0) is 22.4. The highest BCUT2D eigenvalue weighted by Gasteiger charge is 2.36. The highest BCUT2D eigenvalue weighted by Crippen LogP contribution is 2.36. The number of anilines is 3. The van der Waals surface area contributed by atoms with Crippen LogP contribution in [0.1, 0.15) is 17.7 Å². The molecule has 3 aliphatic rings. The van der Waals surface area contributed by atoms with E-state index in [1.165, 1.54) is 0 Å². The molecule has 33 heavy (non-hydrogen) atoms. The number of rotatable bonds is 5. The Morgan fingerprint density at radius 2 is 2.12 bits per heavy atom. The summed E-state index contributed by atoms with van der Waals surface area (Å²) in [6.45, 7) is 3.26. The molecule has 0 radical (unpaired) electrons. The fourth-order valence-corrected chi connectivity index (χ4v) is 4.66. The molecule has 0 saturated carbocycles. The van der Waals surface area contributed by atoms with Crippen LogP contribution in [0.5, 0.6) is 0 Å². The van der Waals surface area contributed by atoms with Gasteiger partial charge in [0.2, 0.25) is 5.95 Å². The van der Waals surface area contributed by atoms with Gasteiger partial charge in [0, 0.05) is 44.5 Å². The number of alkyl halides is 1. The van der Waals surface area contributed by atoms with Crippen molar-refractivity contribution < 1.29 is 9.13 Å². The van der Waals surface area contributed by atoms with Crippen molar-refractivity contribution >= 4 is 28.8 Å². The monoisotopic (exact) mass is 451 g/mol. The lowest BCUT2D eigenvalue weighted by Crippen LogP contribution is -2.57. The minimum Gasteiger partial charge on any atom is -0.378 e. The van der Waals surface area contributed by atoms with Gasteiger partial charge in [-0.1, -0.05) is 6.08 Å². The zero-order valence-corrected chi connectivity index (χ0v) is 18.3. The van der Waals surface area contributed by atoms with Crippen LogP contribution in [0, 0.1) is 0 Å². The van der Waals surface area contributed by atoms with E-state index in [1.54, 1.807) is 10.7 Å². The van der Waals surface area contributed by atoms with Gasteiger partial charge in [0.15, 0.2) is 5.65 Å². The summed E-state index contributed by atoms with van der Waals surface area (Å²) in [7, 11) is 1.82. The molecule has 3 aromatic rings. The molecule has 2 fully saturated rings. The van der Waals surface area contributed by atoms with E-state index >= 15 is 0 Å². The second kappa shape index (κ2) is 8.23. The summed E-state index contributed by atoms with van der Waals surface area (Å²) in [6.07, 6.45) is 5.39. The number of likely N-dealkylation sites (tertiary alicyclic amines) is 1. The number of nitrogens with zero attached hydrogens (tertiary/aromatic N) is 6. The molecule has 6 heterocycles. The van der Waals surface area contributed by atoms with Gasteiger partial charge >= 0.3 is 0 Å². The fraction of sp³-hybridized carbons (Fsp3) is 0.455. The van der Waals surface area contributed by atoms with Crippen LogP contribution < -0.4 is 16.0 Å². The second-order valence-electron chi connectivity index (χ2n) is 8.56. The average molecular weight is 452 g/mol. The summed E-state index contributed by atoms with van der Waals surface area (Å²) < 4.78 is 21.9. The maximum absolute atomic E-state index is 15.0. The molecule has 2 saturated heterocycles. The molecule has 0 aromatic carbocycles. The van der Waals surface area contributed by atoms with Gasteiger partial charge in [-0.25, -0.2) is 13.9 Å². The SMILES string of the molecule is CNc1nc(N[C@H]2CCN(C3COC3)C[C@H]2F)nc2c1C(c1ccn3nccc3n1)=CCN2. The summed E-state index contributed by atoms with van der Waals surface area (Å²) in [5, 5.41) is 14.0. The van der Waals surface area contributed by atoms with E-state index in [2.05, 4.69) is 37.0 Å². The van der Waals surface area contributed by atoms with Crippen molar-refractivity contribution in [2.75, 3.05) is 55.8 Å². The third kappa shape index (κ3) is 3.66. The molecule has 0 unspecified atom stereocenters. The molecule has 172 valence electrons. The van der Waals surface area contributed by atoms with Crippen LogP contribution in [0.25, 0.3) is 11.2 Å². The van der Waals surface area contributed by atoms with E-state index in [1.807, 2.05) is 25.4 Å². The van der Waals surface area contributed by atoms with Crippen molar-refractivity contribution in [1.29, 1.82) is 0 Å².